The predicted molar refractivity (Wildman–Crippen MR) is 103 cm³/mol. The van der Waals surface area contributed by atoms with E-state index >= 15 is 0 Å². The third-order valence-corrected chi connectivity index (χ3v) is 5.02. The van der Waals surface area contributed by atoms with Gasteiger partial charge < -0.3 is 14.2 Å². The van der Waals surface area contributed by atoms with Gasteiger partial charge >= 0.3 is 5.76 Å². The van der Waals surface area contributed by atoms with Crippen molar-refractivity contribution < 1.29 is 9.21 Å². The van der Waals surface area contributed by atoms with Crippen LogP contribution in [0, 0.1) is 0 Å². The van der Waals surface area contributed by atoms with E-state index in [0.717, 1.165) is 18.9 Å². The first kappa shape index (κ1) is 17.6. The molecule has 0 atom stereocenters. The van der Waals surface area contributed by atoms with Crippen molar-refractivity contribution in [2.24, 2.45) is 0 Å². The van der Waals surface area contributed by atoms with Crippen LogP contribution in [-0.4, -0.2) is 46.5 Å². The second-order valence-electron chi connectivity index (χ2n) is 6.44. The summed E-state index contributed by atoms with van der Waals surface area (Å²) in [5.41, 5.74) is 1.08. The smallest absolute Gasteiger partial charge is 0.408 e. The number of anilines is 1. The van der Waals surface area contributed by atoms with Gasteiger partial charge in [0.25, 0.3) is 0 Å². The molecule has 0 radical (unpaired) electrons. The Hall–Kier alpha value is -2.80. The largest absolute Gasteiger partial charge is 0.419 e. The second kappa shape index (κ2) is 7.44. The molecule has 3 aromatic rings. The van der Waals surface area contributed by atoms with Crippen LogP contribution in [0.5, 0.6) is 0 Å². The quantitative estimate of drug-likeness (QED) is 0.688. The zero-order valence-electron chi connectivity index (χ0n) is 14.7. The summed E-state index contributed by atoms with van der Waals surface area (Å²) in [7, 11) is 0. The number of aryl methyl sites for hydroxylation is 1. The van der Waals surface area contributed by atoms with E-state index in [9.17, 15) is 9.59 Å². The summed E-state index contributed by atoms with van der Waals surface area (Å²) in [4.78, 5) is 33.0. The van der Waals surface area contributed by atoms with E-state index in [1.807, 2.05) is 23.1 Å². The monoisotopic (exact) mass is 386 g/mol. The SMILES string of the molecule is O=C(CCn1c(=O)oc2ccc(Cl)cc21)N1CCN(c2ccccn2)CC1. The van der Waals surface area contributed by atoms with Crippen molar-refractivity contribution in [3.05, 3.63) is 58.2 Å². The van der Waals surface area contributed by atoms with Crippen molar-refractivity contribution in [1.29, 1.82) is 0 Å². The average Bonchev–Trinajstić information content (AvgIpc) is 3.01. The summed E-state index contributed by atoms with van der Waals surface area (Å²) in [5, 5.41) is 0.522. The number of piperazine rings is 1. The Morgan fingerprint density at radius 1 is 1.15 bits per heavy atom. The molecule has 0 unspecified atom stereocenters. The molecule has 1 fully saturated rings. The molecule has 1 saturated heterocycles. The van der Waals surface area contributed by atoms with Gasteiger partial charge in [-0.1, -0.05) is 17.7 Å². The Balaban J connectivity index is 1.38. The highest BCUT2D eigenvalue weighted by Gasteiger charge is 2.22. The molecule has 7 nitrogen and oxygen atoms in total. The molecule has 0 aliphatic carbocycles. The average molecular weight is 387 g/mol. The van der Waals surface area contributed by atoms with E-state index in [1.165, 1.54) is 4.57 Å². The van der Waals surface area contributed by atoms with E-state index < -0.39 is 5.76 Å². The molecule has 0 N–H and O–H groups in total. The highest BCUT2D eigenvalue weighted by atomic mass is 35.5. The molecule has 1 aliphatic rings. The van der Waals surface area contributed by atoms with Gasteiger partial charge in [-0.05, 0) is 30.3 Å². The van der Waals surface area contributed by atoms with Crippen LogP contribution in [0.15, 0.2) is 51.8 Å². The van der Waals surface area contributed by atoms with Gasteiger partial charge in [-0.2, -0.15) is 0 Å². The molecule has 0 saturated carbocycles. The highest BCUT2D eigenvalue weighted by molar-refractivity contribution is 6.31. The number of rotatable bonds is 4. The minimum Gasteiger partial charge on any atom is -0.408 e. The van der Waals surface area contributed by atoms with Crippen LogP contribution in [-0.2, 0) is 11.3 Å². The number of aromatic nitrogens is 2. The van der Waals surface area contributed by atoms with Gasteiger partial charge in [-0.25, -0.2) is 9.78 Å². The summed E-state index contributed by atoms with van der Waals surface area (Å²) < 4.78 is 6.67. The molecule has 1 amide bonds. The number of fused-ring (bicyclic) bond motifs is 1. The molecule has 4 rings (SSSR count). The molecule has 27 heavy (non-hydrogen) atoms. The third-order valence-electron chi connectivity index (χ3n) is 4.78. The first-order valence-corrected chi connectivity index (χ1v) is 9.22. The van der Waals surface area contributed by atoms with Gasteiger partial charge in [0.05, 0.1) is 5.52 Å². The zero-order chi connectivity index (χ0) is 18.8. The number of hydrogen-bond donors (Lipinski definition) is 0. The number of hydrogen-bond acceptors (Lipinski definition) is 5. The number of pyridine rings is 1. The fourth-order valence-electron chi connectivity index (χ4n) is 3.34. The Labute approximate surface area is 160 Å². The first-order valence-electron chi connectivity index (χ1n) is 8.84. The van der Waals surface area contributed by atoms with Crippen LogP contribution in [0.3, 0.4) is 0 Å². The summed E-state index contributed by atoms with van der Waals surface area (Å²) >= 11 is 6.01. The molecule has 0 bridgehead atoms. The number of nitrogens with zero attached hydrogens (tertiary/aromatic N) is 4. The van der Waals surface area contributed by atoms with Crippen LogP contribution < -0.4 is 10.7 Å². The first-order chi connectivity index (χ1) is 13.1. The van der Waals surface area contributed by atoms with Crippen molar-refractivity contribution in [3.63, 3.8) is 0 Å². The predicted octanol–water partition coefficient (Wildman–Crippen LogP) is 2.38. The Morgan fingerprint density at radius 3 is 2.70 bits per heavy atom. The van der Waals surface area contributed by atoms with Crippen molar-refractivity contribution >= 4 is 34.4 Å². The Kier molecular flexibility index (Phi) is 4.85. The Bertz CT molecular complexity index is 1010. The van der Waals surface area contributed by atoms with Crippen LogP contribution in [0.25, 0.3) is 11.1 Å². The molecule has 8 heteroatoms. The molecule has 1 aromatic carbocycles. The lowest BCUT2D eigenvalue weighted by Gasteiger charge is -2.35. The summed E-state index contributed by atoms with van der Waals surface area (Å²) in [6, 6.07) is 10.8. The maximum Gasteiger partial charge on any atom is 0.419 e. The minimum atomic E-state index is -0.472. The number of oxazole rings is 1. The lowest BCUT2D eigenvalue weighted by molar-refractivity contribution is -0.131. The van der Waals surface area contributed by atoms with E-state index in [0.29, 0.717) is 29.2 Å². The number of benzene rings is 1. The van der Waals surface area contributed by atoms with Crippen molar-refractivity contribution in [1.82, 2.24) is 14.5 Å². The van der Waals surface area contributed by atoms with Crippen LogP contribution in [0.4, 0.5) is 5.82 Å². The van der Waals surface area contributed by atoms with Gasteiger partial charge in [0.2, 0.25) is 5.91 Å². The molecule has 2 aromatic heterocycles. The third kappa shape index (κ3) is 3.68. The zero-order valence-corrected chi connectivity index (χ0v) is 15.4. The van der Waals surface area contributed by atoms with Crippen molar-refractivity contribution in [3.8, 4) is 0 Å². The van der Waals surface area contributed by atoms with Gasteiger partial charge in [0, 0.05) is 50.4 Å². The van der Waals surface area contributed by atoms with Crippen LogP contribution in [0.2, 0.25) is 5.02 Å². The molecule has 3 heterocycles. The highest BCUT2D eigenvalue weighted by Crippen LogP contribution is 2.19. The van der Waals surface area contributed by atoms with Gasteiger partial charge in [-0.3, -0.25) is 9.36 Å². The fraction of sp³-hybridized carbons (Fsp3) is 0.316. The maximum absolute atomic E-state index is 12.6. The fourth-order valence-corrected chi connectivity index (χ4v) is 3.50. The summed E-state index contributed by atoms with van der Waals surface area (Å²) in [5.74, 6) is 0.483. The summed E-state index contributed by atoms with van der Waals surface area (Å²) in [6.45, 7) is 3.04. The van der Waals surface area contributed by atoms with Crippen LogP contribution >= 0.6 is 11.6 Å². The maximum atomic E-state index is 12.6. The van der Waals surface area contributed by atoms with Gasteiger partial charge in [-0.15, -0.1) is 0 Å². The molecule has 0 spiro atoms. The molecular formula is C19H19ClN4O3. The van der Waals surface area contributed by atoms with E-state index in [2.05, 4.69) is 9.88 Å². The second-order valence-corrected chi connectivity index (χ2v) is 6.87. The van der Waals surface area contributed by atoms with Crippen molar-refractivity contribution in [2.75, 3.05) is 31.1 Å². The normalized spacial score (nSPS) is 14.7. The molecule has 1 aliphatic heterocycles. The lowest BCUT2D eigenvalue weighted by Crippen LogP contribution is -2.49. The van der Waals surface area contributed by atoms with E-state index in [1.54, 1.807) is 24.4 Å². The van der Waals surface area contributed by atoms with E-state index in [-0.39, 0.29) is 18.9 Å². The molecular weight excluding hydrogens is 368 g/mol. The standard InChI is InChI=1S/C19H19ClN4O3/c20-14-4-5-16-15(13-14)24(19(26)27-16)8-6-18(25)23-11-9-22(10-12-23)17-3-1-2-7-21-17/h1-5,7,13H,6,8-12H2. The molecule has 140 valence electrons. The topological polar surface area (TPSA) is 71.6 Å². The van der Waals surface area contributed by atoms with Gasteiger partial charge in [0.1, 0.15) is 5.82 Å². The number of carbonyl (C=O) groups is 1. The number of halogens is 1. The van der Waals surface area contributed by atoms with E-state index in [4.69, 9.17) is 16.0 Å². The number of carbonyl (C=O) groups excluding carboxylic acids is 1. The van der Waals surface area contributed by atoms with Crippen LogP contribution in [0.1, 0.15) is 6.42 Å². The number of amides is 1. The Morgan fingerprint density at radius 2 is 1.96 bits per heavy atom. The minimum absolute atomic E-state index is 0.0268. The van der Waals surface area contributed by atoms with Gasteiger partial charge in [0.15, 0.2) is 5.58 Å². The van der Waals surface area contributed by atoms with Crippen molar-refractivity contribution in [2.45, 2.75) is 13.0 Å². The lowest BCUT2D eigenvalue weighted by atomic mass is 10.2. The summed E-state index contributed by atoms with van der Waals surface area (Å²) in [6.07, 6.45) is 2.01.